The highest BCUT2D eigenvalue weighted by molar-refractivity contribution is 9.10. The second-order valence-electron chi connectivity index (χ2n) is 4.14. The van der Waals surface area contributed by atoms with Crippen molar-refractivity contribution < 1.29 is 9.53 Å². The molecule has 0 saturated heterocycles. The lowest BCUT2D eigenvalue weighted by Gasteiger charge is -2.08. The summed E-state index contributed by atoms with van der Waals surface area (Å²) in [5.41, 5.74) is 2.29. The lowest BCUT2D eigenvalue weighted by atomic mass is 9.99. The third-order valence-electron chi connectivity index (χ3n) is 2.86. The number of methoxy groups -OCH3 is 1. The summed E-state index contributed by atoms with van der Waals surface area (Å²) >= 11 is 6.79. The summed E-state index contributed by atoms with van der Waals surface area (Å²) in [6, 6.07) is 11.0. The molecule has 2 aromatic rings. The normalized spacial score (nSPS) is 10.3. The van der Waals surface area contributed by atoms with Gasteiger partial charge in [0.1, 0.15) is 5.75 Å². The Balaban J connectivity index is 2.44. The predicted molar refractivity (Wildman–Crippen MR) is 83.0 cm³/mol. The number of ketones is 1. The van der Waals surface area contributed by atoms with Crippen LogP contribution in [0.25, 0.3) is 0 Å². The van der Waals surface area contributed by atoms with E-state index in [-0.39, 0.29) is 5.78 Å². The summed E-state index contributed by atoms with van der Waals surface area (Å²) < 4.78 is 6.83. The van der Waals surface area contributed by atoms with Gasteiger partial charge in [0.15, 0.2) is 5.78 Å². The van der Waals surface area contributed by atoms with E-state index in [9.17, 15) is 4.79 Å². The smallest absolute Gasteiger partial charge is 0.193 e. The molecule has 19 heavy (non-hydrogen) atoms. The molecule has 0 heterocycles. The first kappa shape index (κ1) is 14.3. The van der Waals surface area contributed by atoms with Crippen LogP contribution < -0.4 is 4.74 Å². The van der Waals surface area contributed by atoms with Gasteiger partial charge >= 0.3 is 0 Å². The van der Waals surface area contributed by atoms with Crippen LogP contribution in [-0.2, 0) is 0 Å². The molecular formula is C15H12Br2O2. The van der Waals surface area contributed by atoms with Crippen molar-refractivity contribution in [2.24, 2.45) is 0 Å². The summed E-state index contributed by atoms with van der Waals surface area (Å²) in [5, 5.41) is 0. The van der Waals surface area contributed by atoms with E-state index in [1.807, 2.05) is 25.1 Å². The van der Waals surface area contributed by atoms with Crippen LogP contribution in [-0.4, -0.2) is 12.9 Å². The molecule has 0 aliphatic rings. The Kier molecular flexibility index (Phi) is 4.42. The van der Waals surface area contributed by atoms with Crippen molar-refractivity contribution in [2.45, 2.75) is 6.92 Å². The van der Waals surface area contributed by atoms with Gasteiger partial charge in [-0.1, -0.05) is 22.0 Å². The van der Waals surface area contributed by atoms with Crippen LogP contribution in [0.5, 0.6) is 5.75 Å². The molecule has 0 N–H and O–H groups in total. The average molecular weight is 384 g/mol. The third-order valence-corrected chi connectivity index (χ3v) is 3.97. The van der Waals surface area contributed by atoms with Crippen molar-refractivity contribution in [3.05, 3.63) is 62.0 Å². The summed E-state index contributed by atoms with van der Waals surface area (Å²) in [6.07, 6.45) is 0. The van der Waals surface area contributed by atoms with E-state index >= 15 is 0 Å². The number of hydrogen-bond donors (Lipinski definition) is 0. The molecule has 2 aromatic carbocycles. The number of benzene rings is 2. The molecule has 0 bridgehead atoms. The van der Waals surface area contributed by atoms with Crippen molar-refractivity contribution in [3.8, 4) is 5.75 Å². The Morgan fingerprint density at radius 2 is 1.84 bits per heavy atom. The van der Waals surface area contributed by atoms with Crippen molar-refractivity contribution in [1.82, 2.24) is 0 Å². The largest absolute Gasteiger partial charge is 0.496 e. The highest BCUT2D eigenvalue weighted by Gasteiger charge is 2.13. The lowest BCUT2D eigenvalue weighted by Crippen LogP contribution is -2.04. The number of hydrogen-bond acceptors (Lipinski definition) is 2. The molecule has 0 unspecified atom stereocenters. The monoisotopic (exact) mass is 382 g/mol. The van der Waals surface area contributed by atoms with E-state index in [1.54, 1.807) is 25.3 Å². The molecule has 2 nitrogen and oxygen atoms in total. The van der Waals surface area contributed by atoms with Gasteiger partial charge in [-0.25, -0.2) is 0 Å². The Hall–Kier alpha value is -1.13. The summed E-state index contributed by atoms with van der Waals surface area (Å²) in [7, 11) is 1.60. The second kappa shape index (κ2) is 5.88. The first-order chi connectivity index (χ1) is 9.02. The number of halogens is 2. The Labute approximate surface area is 129 Å². The molecule has 0 atom stereocenters. The average Bonchev–Trinajstić information content (AvgIpc) is 2.40. The molecule has 4 heteroatoms. The molecule has 98 valence electrons. The zero-order chi connectivity index (χ0) is 14.0. The maximum absolute atomic E-state index is 12.5. The zero-order valence-corrected chi connectivity index (χ0v) is 13.7. The maximum Gasteiger partial charge on any atom is 0.193 e. The van der Waals surface area contributed by atoms with E-state index in [2.05, 4.69) is 31.9 Å². The van der Waals surface area contributed by atoms with Gasteiger partial charge in [0, 0.05) is 15.6 Å². The van der Waals surface area contributed by atoms with Crippen LogP contribution in [0.1, 0.15) is 21.5 Å². The second-order valence-corrected chi connectivity index (χ2v) is 5.91. The van der Waals surface area contributed by atoms with Gasteiger partial charge < -0.3 is 4.74 Å². The minimum atomic E-state index is 0.00199. The fourth-order valence-electron chi connectivity index (χ4n) is 1.80. The van der Waals surface area contributed by atoms with Crippen LogP contribution in [0.2, 0.25) is 0 Å². The van der Waals surface area contributed by atoms with Crippen molar-refractivity contribution in [1.29, 1.82) is 0 Å². The van der Waals surface area contributed by atoms with Gasteiger partial charge in [0.25, 0.3) is 0 Å². The van der Waals surface area contributed by atoms with Gasteiger partial charge in [-0.2, -0.15) is 0 Å². The van der Waals surface area contributed by atoms with Gasteiger partial charge in [-0.15, -0.1) is 0 Å². The molecule has 0 aliphatic carbocycles. The predicted octanol–water partition coefficient (Wildman–Crippen LogP) is 4.76. The standard InChI is InChI=1S/C15H12Br2O2/c1-9-3-5-11(16)8-12(9)15(18)10-4-6-14(19-2)13(17)7-10/h3-8H,1-2H3. The zero-order valence-electron chi connectivity index (χ0n) is 10.5. The van der Waals surface area contributed by atoms with Crippen molar-refractivity contribution in [3.63, 3.8) is 0 Å². The number of aryl methyl sites for hydroxylation is 1. The molecule has 0 fully saturated rings. The fourth-order valence-corrected chi connectivity index (χ4v) is 2.70. The highest BCUT2D eigenvalue weighted by Crippen LogP contribution is 2.27. The third kappa shape index (κ3) is 3.07. The van der Waals surface area contributed by atoms with Gasteiger partial charge in [0.05, 0.1) is 11.6 Å². The van der Waals surface area contributed by atoms with Gasteiger partial charge in [-0.3, -0.25) is 4.79 Å². The highest BCUT2D eigenvalue weighted by atomic mass is 79.9. The maximum atomic E-state index is 12.5. The summed E-state index contributed by atoms with van der Waals surface area (Å²) in [5.74, 6) is 0.713. The first-order valence-corrected chi connectivity index (χ1v) is 7.26. The van der Waals surface area contributed by atoms with Gasteiger partial charge in [-0.05, 0) is 58.7 Å². The molecule has 0 aliphatic heterocycles. The first-order valence-electron chi connectivity index (χ1n) is 5.67. The molecule has 0 saturated carbocycles. The Morgan fingerprint density at radius 3 is 2.47 bits per heavy atom. The van der Waals surface area contributed by atoms with E-state index in [1.165, 1.54) is 0 Å². The lowest BCUT2D eigenvalue weighted by molar-refractivity contribution is 0.103. The van der Waals surface area contributed by atoms with E-state index in [4.69, 9.17) is 4.74 Å². The van der Waals surface area contributed by atoms with Crippen molar-refractivity contribution in [2.75, 3.05) is 7.11 Å². The molecule has 0 amide bonds. The van der Waals surface area contributed by atoms with Crippen LogP contribution in [0, 0.1) is 6.92 Å². The van der Waals surface area contributed by atoms with E-state index in [0.717, 1.165) is 14.5 Å². The molecule has 0 radical (unpaired) electrons. The minimum Gasteiger partial charge on any atom is -0.496 e. The molecule has 0 spiro atoms. The van der Waals surface area contributed by atoms with Crippen LogP contribution >= 0.6 is 31.9 Å². The SMILES string of the molecule is COc1ccc(C(=O)c2cc(Br)ccc2C)cc1Br. The summed E-state index contributed by atoms with van der Waals surface area (Å²) in [4.78, 5) is 12.5. The molecule has 0 aromatic heterocycles. The van der Waals surface area contributed by atoms with E-state index in [0.29, 0.717) is 16.9 Å². The van der Waals surface area contributed by atoms with Crippen LogP contribution in [0.3, 0.4) is 0 Å². The van der Waals surface area contributed by atoms with Gasteiger partial charge in [0.2, 0.25) is 0 Å². The fraction of sp³-hybridized carbons (Fsp3) is 0.133. The molecular weight excluding hydrogens is 372 g/mol. The quantitative estimate of drug-likeness (QED) is 0.714. The van der Waals surface area contributed by atoms with Crippen LogP contribution in [0.4, 0.5) is 0 Å². The van der Waals surface area contributed by atoms with Crippen LogP contribution in [0.15, 0.2) is 45.3 Å². The number of carbonyl (C=O) groups excluding carboxylic acids is 1. The Bertz CT molecular complexity index is 636. The van der Waals surface area contributed by atoms with E-state index < -0.39 is 0 Å². The number of carbonyl (C=O) groups is 1. The number of rotatable bonds is 3. The minimum absolute atomic E-state index is 0.00199. The topological polar surface area (TPSA) is 26.3 Å². The molecule has 2 rings (SSSR count). The number of ether oxygens (including phenoxy) is 1. The Morgan fingerprint density at radius 1 is 1.11 bits per heavy atom. The van der Waals surface area contributed by atoms with Crippen molar-refractivity contribution >= 4 is 37.6 Å². The summed E-state index contributed by atoms with van der Waals surface area (Å²) in [6.45, 7) is 1.93.